The Morgan fingerprint density at radius 3 is 2.55 bits per heavy atom. The van der Waals surface area contributed by atoms with Crippen molar-refractivity contribution in [2.45, 2.75) is 25.8 Å². The molecular weight excluding hydrogens is 502 g/mol. The molecule has 0 saturated carbocycles. The summed E-state index contributed by atoms with van der Waals surface area (Å²) < 4.78 is 6.65. The highest BCUT2D eigenvalue weighted by Crippen LogP contribution is 2.44. The monoisotopic (exact) mass is 521 g/mol. The van der Waals surface area contributed by atoms with Gasteiger partial charge < -0.3 is 9.52 Å². The summed E-state index contributed by atoms with van der Waals surface area (Å²) in [7, 11) is 0. The lowest BCUT2D eigenvalue weighted by Gasteiger charge is -2.26. The number of anilines is 1. The van der Waals surface area contributed by atoms with Crippen LogP contribution >= 0.6 is 27.3 Å². The van der Waals surface area contributed by atoms with Gasteiger partial charge in [0, 0.05) is 20.4 Å². The minimum Gasteiger partial charge on any atom is -0.503 e. The van der Waals surface area contributed by atoms with Crippen LogP contribution in [0.1, 0.15) is 46.8 Å². The number of Topliss-reactive ketones (excluding diaryl/α,β-unsaturated/α-hetero) is 1. The van der Waals surface area contributed by atoms with Gasteiger partial charge in [0.1, 0.15) is 11.6 Å². The average Bonchev–Trinajstić information content (AvgIpc) is 3.52. The van der Waals surface area contributed by atoms with E-state index in [-0.39, 0.29) is 11.3 Å². The van der Waals surface area contributed by atoms with Gasteiger partial charge in [-0.2, -0.15) is 0 Å². The number of halogens is 1. The number of aliphatic hydroxyl groups excluding tert-OH is 1. The minimum atomic E-state index is -0.741. The number of carbonyl (C=O) groups is 2. The highest BCUT2D eigenvalue weighted by Gasteiger charge is 2.45. The Bertz CT molecular complexity index is 1400. The van der Waals surface area contributed by atoms with Gasteiger partial charge in [0.05, 0.1) is 5.57 Å². The quantitative estimate of drug-likeness (QED) is 0.282. The predicted molar refractivity (Wildman–Crippen MR) is 133 cm³/mol. The number of thiophene rings is 1. The van der Waals surface area contributed by atoms with Crippen LogP contribution in [0.15, 0.2) is 86.3 Å². The second-order valence-corrected chi connectivity index (χ2v) is 10.1. The van der Waals surface area contributed by atoms with Gasteiger partial charge in [0.15, 0.2) is 11.5 Å². The molecule has 5 rings (SSSR count). The molecule has 1 N–H and O–H groups in total. The van der Waals surface area contributed by atoms with Crippen LogP contribution in [0.25, 0.3) is 11.0 Å². The maximum absolute atomic E-state index is 13.6. The van der Waals surface area contributed by atoms with Crippen molar-refractivity contribution in [1.82, 2.24) is 0 Å². The summed E-state index contributed by atoms with van der Waals surface area (Å²) in [5, 5.41) is 13.5. The fourth-order valence-electron chi connectivity index (χ4n) is 4.10. The lowest BCUT2D eigenvalue weighted by atomic mass is 9.99. The van der Waals surface area contributed by atoms with Crippen molar-refractivity contribution in [2.75, 3.05) is 4.90 Å². The van der Waals surface area contributed by atoms with Crippen LogP contribution in [0.3, 0.4) is 0 Å². The standard InChI is InChI=1S/C26H20BrNO4S/c1-14(2)15-5-8-18(9-6-15)28-23(21-4-3-11-33-21)22(25(30)26(28)31)24(29)20-13-16-12-17(27)7-10-19(16)32-20/h3-14,23,30H,1-2H3. The van der Waals surface area contributed by atoms with Crippen LogP contribution in [0.5, 0.6) is 0 Å². The Kier molecular flexibility index (Phi) is 5.46. The lowest BCUT2D eigenvalue weighted by Crippen LogP contribution is -2.30. The number of carbonyl (C=O) groups excluding carboxylic acids is 2. The van der Waals surface area contributed by atoms with E-state index in [1.54, 1.807) is 12.1 Å². The largest absolute Gasteiger partial charge is 0.503 e. The zero-order valence-corrected chi connectivity index (χ0v) is 20.3. The Balaban J connectivity index is 1.60. The van der Waals surface area contributed by atoms with Crippen molar-refractivity contribution in [3.63, 3.8) is 0 Å². The molecule has 2 aromatic heterocycles. The number of rotatable bonds is 5. The van der Waals surface area contributed by atoms with E-state index in [0.29, 0.717) is 17.2 Å². The first-order chi connectivity index (χ1) is 15.8. The molecule has 0 saturated heterocycles. The number of hydrogen-bond acceptors (Lipinski definition) is 5. The van der Waals surface area contributed by atoms with Crippen molar-refractivity contribution < 1.29 is 19.1 Å². The van der Waals surface area contributed by atoms with Gasteiger partial charge in [-0.25, -0.2) is 0 Å². The van der Waals surface area contributed by atoms with Crippen LogP contribution in [0, 0.1) is 0 Å². The van der Waals surface area contributed by atoms with Gasteiger partial charge in [-0.1, -0.05) is 48.0 Å². The SMILES string of the molecule is CC(C)c1ccc(N2C(=O)C(O)=C(C(=O)c3cc4cc(Br)ccc4o3)C2c2cccs2)cc1. The van der Waals surface area contributed by atoms with E-state index in [2.05, 4.69) is 29.8 Å². The van der Waals surface area contributed by atoms with E-state index in [1.165, 1.54) is 16.2 Å². The van der Waals surface area contributed by atoms with Crippen LogP contribution in [0.2, 0.25) is 0 Å². The van der Waals surface area contributed by atoms with Crippen molar-refractivity contribution >= 4 is 55.6 Å². The third-order valence-corrected chi connectivity index (χ3v) is 7.22. The first-order valence-electron chi connectivity index (χ1n) is 10.5. The molecular formula is C26H20BrNO4S. The summed E-state index contributed by atoms with van der Waals surface area (Å²) in [6.07, 6.45) is 0. The fraction of sp³-hybridized carbons (Fsp3) is 0.154. The van der Waals surface area contributed by atoms with Crippen molar-refractivity contribution in [3.8, 4) is 0 Å². The molecule has 4 aromatic rings. The number of ketones is 1. The van der Waals surface area contributed by atoms with E-state index in [0.717, 1.165) is 20.3 Å². The van der Waals surface area contributed by atoms with Gasteiger partial charge in [0.25, 0.3) is 5.91 Å². The molecule has 5 nitrogen and oxygen atoms in total. The summed E-state index contributed by atoms with van der Waals surface area (Å²) in [5.41, 5.74) is 2.33. The maximum Gasteiger partial charge on any atom is 0.294 e. The minimum absolute atomic E-state index is 0.0218. The summed E-state index contributed by atoms with van der Waals surface area (Å²) in [6.45, 7) is 4.20. The molecule has 33 heavy (non-hydrogen) atoms. The number of fused-ring (bicyclic) bond motifs is 1. The van der Waals surface area contributed by atoms with Gasteiger partial charge in [0.2, 0.25) is 5.78 Å². The molecule has 0 spiro atoms. The molecule has 2 aromatic carbocycles. The third-order valence-electron chi connectivity index (χ3n) is 5.81. The molecule has 0 radical (unpaired) electrons. The highest BCUT2D eigenvalue weighted by molar-refractivity contribution is 9.10. The molecule has 0 fully saturated rings. The molecule has 7 heteroatoms. The molecule has 1 aliphatic rings. The number of aliphatic hydroxyl groups is 1. The van der Waals surface area contributed by atoms with Gasteiger partial charge in [-0.05, 0) is 59.3 Å². The number of amides is 1. The third kappa shape index (κ3) is 3.71. The van der Waals surface area contributed by atoms with Gasteiger partial charge >= 0.3 is 0 Å². The molecule has 166 valence electrons. The smallest absolute Gasteiger partial charge is 0.294 e. The highest BCUT2D eigenvalue weighted by atomic mass is 79.9. The lowest BCUT2D eigenvalue weighted by molar-refractivity contribution is -0.117. The zero-order valence-electron chi connectivity index (χ0n) is 17.9. The van der Waals surface area contributed by atoms with E-state index >= 15 is 0 Å². The van der Waals surface area contributed by atoms with Crippen molar-refractivity contribution in [2.24, 2.45) is 0 Å². The predicted octanol–water partition coefficient (Wildman–Crippen LogP) is 7.16. The molecule has 3 heterocycles. The zero-order chi connectivity index (χ0) is 23.3. The molecule has 0 bridgehead atoms. The Labute approximate surface area is 203 Å². The molecule has 0 aliphatic carbocycles. The Morgan fingerprint density at radius 2 is 1.88 bits per heavy atom. The average molecular weight is 522 g/mol. The van der Waals surface area contributed by atoms with Crippen LogP contribution in [-0.2, 0) is 4.79 Å². The van der Waals surface area contributed by atoms with E-state index in [1.807, 2.05) is 53.9 Å². The second kappa shape index (κ2) is 8.32. The summed E-state index contributed by atoms with van der Waals surface area (Å²) >= 11 is 4.85. The summed E-state index contributed by atoms with van der Waals surface area (Å²) in [5.74, 6) is -1.23. The first-order valence-corrected chi connectivity index (χ1v) is 12.2. The summed E-state index contributed by atoms with van der Waals surface area (Å²) in [4.78, 5) is 29.1. The van der Waals surface area contributed by atoms with E-state index < -0.39 is 23.5 Å². The summed E-state index contributed by atoms with van der Waals surface area (Å²) in [6, 6.07) is 17.7. The molecule has 1 unspecified atom stereocenters. The number of hydrogen-bond donors (Lipinski definition) is 1. The van der Waals surface area contributed by atoms with Crippen LogP contribution in [0.4, 0.5) is 5.69 Å². The second-order valence-electron chi connectivity index (χ2n) is 8.22. The number of nitrogens with zero attached hydrogens (tertiary/aromatic N) is 1. The number of furan rings is 1. The Morgan fingerprint density at radius 1 is 1.12 bits per heavy atom. The van der Waals surface area contributed by atoms with Crippen LogP contribution < -0.4 is 4.90 Å². The first kappa shape index (κ1) is 21.7. The topological polar surface area (TPSA) is 70.8 Å². The molecule has 1 atom stereocenters. The van der Waals surface area contributed by atoms with E-state index in [9.17, 15) is 14.7 Å². The number of benzene rings is 2. The Hall–Kier alpha value is -3.16. The fourth-order valence-corrected chi connectivity index (χ4v) is 5.30. The molecule has 1 amide bonds. The van der Waals surface area contributed by atoms with Crippen LogP contribution in [-0.4, -0.2) is 16.8 Å². The van der Waals surface area contributed by atoms with Crippen molar-refractivity contribution in [1.29, 1.82) is 0 Å². The molecule has 1 aliphatic heterocycles. The normalized spacial score (nSPS) is 16.4. The maximum atomic E-state index is 13.6. The van der Waals surface area contributed by atoms with Gasteiger partial charge in [-0.3, -0.25) is 14.5 Å². The van der Waals surface area contributed by atoms with Crippen molar-refractivity contribution in [3.05, 3.63) is 98.0 Å². The van der Waals surface area contributed by atoms with Gasteiger partial charge in [-0.15, -0.1) is 11.3 Å². The van der Waals surface area contributed by atoms with E-state index in [4.69, 9.17) is 4.42 Å².